The van der Waals surface area contributed by atoms with Crippen LogP contribution in [0.3, 0.4) is 0 Å². The molecule has 2 aliphatic heterocycles. The van der Waals surface area contributed by atoms with E-state index in [0.29, 0.717) is 37.6 Å². The summed E-state index contributed by atoms with van der Waals surface area (Å²) >= 11 is 0. The van der Waals surface area contributed by atoms with Crippen molar-refractivity contribution < 1.29 is 14.3 Å². The second kappa shape index (κ2) is 8.21. The van der Waals surface area contributed by atoms with Crippen molar-refractivity contribution in [3.05, 3.63) is 64.8 Å². The molecule has 31 heavy (non-hydrogen) atoms. The van der Waals surface area contributed by atoms with E-state index < -0.39 is 0 Å². The van der Waals surface area contributed by atoms with Crippen molar-refractivity contribution in [3.63, 3.8) is 0 Å². The normalized spacial score (nSPS) is 16.9. The lowest BCUT2D eigenvalue weighted by Crippen LogP contribution is -2.40. The van der Waals surface area contributed by atoms with Crippen LogP contribution in [0.15, 0.2) is 42.5 Å². The predicted molar refractivity (Wildman–Crippen MR) is 119 cm³/mol. The summed E-state index contributed by atoms with van der Waals surface area (Å²) in [6, 6.07) is 13.9. The van der Waals surface area contributed by atoms with Crippen LogP contribution in [0.25, 0.3) is 22.0 Å². The van der Waals surface area contributed by atoms with Crippen LogP contribution in [0.4, 0.5) is 0 Å². The zero-order valence-electron chi connectivity index (χ0n) is 17.6. The minimum Gasteiger partial charge on any atom is -0.378 e. The van der Waals surface area contributed by atoms with Gasteiger partial charge in [0.05, 0.1) is 18.7 Å². The number of amides is 1. The van der Waals surface area contributed by atoms with Gasteiger partial charge in [0, 0.05) is 37.1 Å². The van der Waals surface area contributed by atoms with Gasteiger partial charge in [-0.05, 0) is 60.0 Å². The van der Waals surface area contributed by atoms with E-state index in [9.17, 15) is 9.59 Å². The molecule has 0 N–H and O–H groups in total. The van der Waals surface area contributed by atoms with Gasteiger partial charge < -0.3 is 14.5 Å². The summed E-state index contributed by atoms with van der Waals surface area (Å²) in [6.07, 6.45) is 1.78. The summed E-state index contributed by atoms with van der Waals surface area (Å²) in [4.78, 5) is 33.2. The Hall–Kier alpha value is -3.09. The molecule has 1 saturated heterocycles. The Morgan fingerprint density at radius 2 is 1.87 bits per heavy atom. The molecule has 2 aliphatic rings. The first-order valence-corrected chi connectivity index (χ1v) is 10.7. The maximum Gasteiger partial charge on any atom is 0.254 e. The molecule has 0 atom stereocenters. The third-order valence-electron chi connectivity index (χ3n) is 6.21. The summed E-state index contributed by atoms with van der Waals surface area (Å²) < 4.78 is 5.37. The molecule has 0 spiro atoms. The van der Waals surface area contributed by atoms with Crippen LogP contribution < -0.4 is 0 Å². The third kappa shape index (κ3) is 3.84. The van der Waals surface area contributed by atoms with Gasteiger partial charge >= 0.3 is 0 Å². The zero-order chi connectivity index (χ0) is 21.4. The Bertz CT molecular complexity index is 1170. The first kappa shape index (κ1) is 19.8. The number of benzene rings is 2. The molecule has 1 fully saturated rings. The fourth-order valence-corrected chi connectivity index (χ4v) is 4.49. The molecule has 1 aromatic heterocycles. The first-order chi connectivity index (χ1) is 15.1. The number of likely N-dealkylation sites (N-methyl/N-ethyl adjacent to an activating group) is 1. The van der Waals surface area contributed by atoms with E-state index in [1.54, 1.807) is 6.07 Å². The highest BCUT2D eigenvalue weighted by Gasteiger charge is 2.20. The number of morpholine rings is 1. The summed E-state index contributed by atoms with van der Waals surface area (Å²) in [7, 11) is 2.14. The largest absolute Gasteiger partial charge is 0.378 e. The van der Waals surface area contributed by atoms with Gasteiger partial charge in [-0.2, -0.15) is 0 Å². The van der Waals surface area contributed by atoms with Crippen molar-refractivity contribution in [2.75, 3.05) is 39.9 Å². The lowest BCUT2D eigenvalue weighted by Gasteiger charge is -2.27. The van der Waals surface area contributed by atoms with Crippen LogP contribution in [0, 0.1) is 0 Å². The average Bonchev–Trinajstić information content (AvgIpc) is 2.82. The van der Waals surface area contributed by atoms with Gasteiger partial charge in [-0.15, -0.1) is 0 Å². The van der Waals surface area contributed by atoms with Crippen molar-refractivity contribution in [3.8, 4) is 11.1 Å². The number of aldehydes is 1. The monoisotopic (exact) mass is 415 g/mol. The Kier molecular flexibility index (Phi) is 5.26. The summed E-state index contributed by atoms with van der Waals surface area (Å²) in [6.45, 7) is 4.32. The number of ether oxygens (including phenoxy) is 1. The van der Waals surface area contributed by atoms with Crippen molar-refractivity contribution in [2.45, 2.75) is 13.0 Å². The van der Waals surface area contributed by atoms with Crippen LogP contribution in [-0.4, -0.2) is 66.9 Å². The van der Waals surface area contributed by atoms with E-state index in [4.69, 9.17) is 4.74 Å². The summed E-state index contributed by atoms with van der Waals surface area (Å²) in [5.41, 5.74) is 6.42. The van der Waals surface area contributed by atoms with Crippen molar-refractivity contribution >= 4 is 23.1 Å². The molecule has 0 aliphatic carbocycles. The smallest absolute Gasteiger partial charge is 0.254 e. The molecule has 6 heteroatoms. The minimum absolute atomic E-state index is 0.00379. The Balaban J connectivity index is 1.61. The van der Waals surface area contributed by atoms with E-state index in [0.717, 1.165) is 47.8 Å². The number of carbonyl (C=O) groups excluding carboxylic acids is 2. The molecular formula is C25H25N3O3. The first-order valence-electron chi connectivity index (χ1n) is 10.7. The van der Waals surface area contributed by atoms with Gasteiger partial charge in [0.1, 0.15) is 5.69 Å². The summed E-state index contributed by atoms with van der Waals surface area (Å²) in [5.74, 6) is 0.00379. The van der Waals surface area contributed by atoms with Crippen LogP contribution in [0.2, 0.25) is 0 Å². The Morgan fingerprint density at radius 1 is 1.03 bits per heavy atom. The Labute approximate surface area is 181 Å². The molecule has 3 aromatic rings. The highest BCUT2D eigenvalue weighted by molar-refractivity contribution is 6.03. The quantitative estimate of drug-likeness (QED) is 0.615. The fourth-order valence-electron chi connectivity index (χ4n) is 4.49. The van der Waals surface area contributed by atoms with Gasteiger partial charge in [0.2, 0.25) is 0 Å². The van der Waals surface area contributed by atoms with E-state index in [1.807, 2.05) is 23.1 Å². The number of carbonyl (C=O) groups is 2. The zero-order valence-corrected chi connectivity index (χ0v) is 17.6. The van der Waals surface area contributed by atoms with Crippen molar-refractivity contribution in [2.24, 2.45) is 0 Å². The Morgan fingerprint density at radius 3 is 2.68 bits per heavy atom. The standard InChI is InChI=1S/C25H25N3O3/c1-27-7-6-17-12-18(2-3-20(17)15-27)22-14-21(16-29)26-24-5-4-19(13-23(22)24)25(30)28-8-10-31-11-9-28/h2-5,12-14,16H,6-11,15H2,1H3. The number of hydrogen-bond donors (Lipinski definition) is 0. The van der Waals surface area contributed by atoms with E-state index in [1.165, 1.54) is 11.1 Å². The lowest BCUT2D eigenvalue weighted by atomic mass is 9.92. The van der Waals surface area contributed by atoms with E-state index in [-0.39, 0.29) is 5.91 Å². The molecule has 6 nitrogen and oxygen atoms in total. The molecule has 0 saturated carbocycles. The van der Waals surface area contributed by atoms with Gasteiger partial charge in [-0.3, -0.25) is 9.59 Å². The van der Waals surface area contributed by atoms with Crippen LogP contribution in [0.1, 0.15) is 32.0 Å². The number of aromatic nitrogens is 1. The van der Waals surface area contributed by atoms with Crippen molar-refractivity contribution in [1.29, 1.82) is 0 Å². The second-order valence-electron chi connectivity index (χ2n) is 8.32. The van der Waals surface area contributed by atoms with Crippen LogP contribution >= 0.6 is 0 Å². The number of pyridine rings is 1. The molecule has 3 heterocycles. The molecule has 5 rings (SSSR count). The molecule has 0 unspecified atom stereocenters. The van der Waals surface area contributed by atoms with E-state index >= 15 is 0 Å². The summed E-state index contributed by atoms with van der Waals surface area (Å²) in [5, 5.41) is 0.887. The van der Waals surface area contributed by atoms with Crippen LogP contribution in [0.5, 0.6) is 0 Å². The highest BCUT2D eigenvalue weighted by Crippen LogP contribution is 2.32. The second-order valence-corrected chi connectivity index (χ2v) is 8.32. The van der Waals surface area contributed by atoms with Gasteiger partial charge in [0.25, 0.3) is 5.91 Å². The minimum atomic E-state index is 0.00379. The molecule has 0 radical (unpaired) electrons. The predicted octanol–water partition coefficient (Wildman–Crippen LogP) is 3.17. The highest BCUT2D eigenvalue weighted by atomic mass is 16.5. The van der Waals surface area contributed by atoms with Gasteiger partial charge in [0.15, 0.2) is 6.29 Å². The SMILES string of the molecule is CN1CCc2cc(-c3cc(C=O)nc4ccc(C(=O)N5CCOCC5)cc34)ccc2C1. The number of fused-ring (bicyclic) bond motifs is 2. The fraction of sp³-hybridized carbons (Fsp3) is 0.320. The molecule has 0 bridgehead atoms. The third-order valence-corrected chi connectivity index (χ3v) is 6.21. The maximum absolute atomic E-state index is 13.0. The topological polar surface area (TPSA) is 62.7 Å². The number of hydrogen-bond acceptors (Lipinski definition) is 5. The van der Waals surface area contributed by atoms with Crippen LogP contribution in [-0.2, 0) is 17.7 Å². The lowest BCUT2D eigenvalue weighted by molar-refractivity contribution is 0.0303. The van der Waals surface area contributed by atoms with Crippen molar-refractivity contribution in [1.82, 2.24) is 14.8 Å². The number of rotatable bonds is 3. The number of nitrogens with zero attached hydrogens (tertiary/aromatic N) is 3. The van der Waals surface area contributed by atoms with Gasteiger partial charge in [-0.1, -0.05) is 18.2 Å². The maximum atomic E-state index is 13.0. The molecule has 1 amide bonds. The van der Waals surface area contributed by atoms with E-state index in [2.05, 4.69) is 35.1 Å². The molecule has 2 aromatic carbocycles. The average molecular weight is 415 g/mol. The molecular weight excluding hydrogens is 390 g/mol. The molecule has 158 valence electrons. The van der Waals surface area contributed by atoms with Gasteiger partial charge in [-0.25, -0.2) is 4.98 Å².